The van der Waals surface area contributed by atoms with Gasteiger partial charge in [0.15, 0.2) is 0 Å². The molecule has 6 heteroatoms. The number of rotatable bonds is 3. The maximum Gasteiger partial charge on any atom is 0.409 e. The molecule has 0 atom stereocenters. The first-order valence-corrected chi connectivity index (χ1v) is 7.84. The molecular formula is C20H15F3N2O. The lowest BCUT2D eigenvalue weighted by Crippen LogP contribution is -2.13. The van der Waals surface area contributed by atoms with Crippen LogP contribution in [0.25, 0.3) is 17.0 Å². The van der Waals surface area contributed by atoms with E-state index in [1.54, 1.807) is 25.3 Å². The van der Waals surface area contributed by atoms with E-state index in [9.17, 15) is 18.0 Å². The predicted octanol–water partition coefficient (Wildman–Crippen LogP) is 5.37. The second-order valence-electron chi connectivity index (χ2n) is 5.81. The Balaban J connectivity index is 1.79. The van der Waals surface area contributed by atoms with Gasteiger partial charge in [0.25, 0.3) is 5.91 Å². The van der Waals surface area contributed by atoms with Crippen molar-refractivity contribution in [3.63, 3.8) is 0 Å². The number of nitrogens with one attached hydrogen (secondary N) is 1. The lowest BCUT2D eigenvalue weighted by Gasteiger charge is -2.09. The Morgan fingerprint density at radius 1 is 1.12 bits per heavy atom. The molecule has 0 aliphatic heterocycles. The Kier molecular flexibility index (Phi) is 4.75. The molecular weight excluding hydrogens is 341 g/mol. The van der Waals surface area contributed by atoms with E-state index < -0.39 is 6.18 Å². The highest BCUT2D eigenvalue weighted by molar-refractivity contribution is 6.06. The van der Waals surface area contributed by atoms with E-state index in [2.05, 4.69) is 10.3 Å². The molecule has 1 aromatic heterocycles. The monoisotopic (exact) mass is 356 g/mol. The van der Waals surface area contributed by atoms with Crippen molar-refractivity contribution in [1.82, 2.24) is 4.98 Å². The van der Waals surface area contributed by atoms with E-state index >= 15 is 0 Å². The molecule has 0 aliphatic carbocycles. The summed E-state index contributed by atoms with van der Waals surface area (Å²) in [5.41, 5.74) is 2.82. The normalized spacial score (nSPS) is 11.8. The summed E-state index contributed by atoms with van der Waals surface area (Å²) in [6.45, 7) is 1.68. The minimum absolute atomic E-state index is 0.171. The van der Waals surface area contributed by atoms with Crippen molar-refractivity contribution in [2.45, 2.75) is 13.1 Å². The molecule has 0 radical (unpaired) electrons. The Morgan fingerprint density at radius 3 is 2.65 bits per heavy atom. The summed E-state index contributed by atoms with van der Waals surface area (Å²) in [6, 6.07) is 13.6. The fourth-order valence-corrected chi connectivity index (χ4v) is 2.59. The molecule has 3 aromatic rings. The number of halogens is 3. The number of aromatic nitrogens is 1. The van der Waals surface area contributed by atoms with Crippen LogP contribution in [0.1, 0.15) is 21.5 Å². The summed E-state index contributed by atoms with van der Waals surface area (Å²) in [5.74, 6) is -0.322. The topological polar surface area (TPSA) is 42.0 Å². The number of allylic oxidation sites excluding steroid dienone is 1. The van der Waals surface area contributed by atoms with E-state index in [1.807, 2.05) is 24.3 Å². The van der Waals surface area contributed by atoms with Gasteiger partial charge in [0.2, 0.25) is 0 Å². The summed E-state index contributed by atoms with van der Waals surface area (Å²) in [4.78, 5) is 16.7. The van der Waals surface area contributed by atoms with Crippen LogP contribution in [0.3, 0.4) is 0 Å². The average molecular weight is 356 g/mol. The van der Waals surface area contributed by atoms with Crippen molar-refractivity contribution in [2.75, 3.05) is 5.32 Å². The first-order valence-electron chi connectivity index (χ1n) is 7.84. The molecule has 1 heterocycles. The number of nitrogens with zero attached hydrogens (tertiary/aromatic N) is 1. The number of carbonyl (C=O) groups excluding carboxylic acids is 1. The average Bonchev–Trinajstić information content (AvgIpc) is 2.59. The molecule has 3 nitrogen and oxygen atoms in total. The minimum atomic E-state index is -4.37. The SMILES string of the molecule is Cc1cc(/C=C/C(F)(F)F)ccc1C(=O)Nc1ccc2ncccc2c1. The third kappa shape index (κ3) is 4.27. The summed E-state index contributed by atoms with van der Waals surface area (Å²) in [6.07, 6.45) is -1.52. The molecule has 0 saturated carbocycles. The summed E-state index contributed by atoms with van der Waals surface area (Å²) in [7, 11) is 0. The second-order valence-corrected chi connectivity index (χ2v) is 5.81. The van der Waals surface area contributed by atoms with Gasteiger partial charge in [-0.3, -0.25) is 9.78 Å². The summed E-state index contributed by atoms with van der Waals surface area (Å²) < 4.78 is 36.7. The van der Waals surface area contributed by atoms with Gasteiger partial charge in [-0.1, -0.05) is 24.3 Å². The number of pyridine rings is 1. The highest BCUT2D eigenvalue weighted by Crippen LogP contribution is 2.21. The largest absolute Gasteiger partial charge is 0.409 e. The Hall–Kier alpha value is -3.15. The van der Waals surface area contributed by atoms with Crippen LogP contribution in [0, 0.1) is 6.92 Å². The lowest BCUT2D eigenvalue weighted by molar-refractivity contribution is -0.0790. The van der Waals surface area contributed by atoms with Crippen LogP contribution in [-0.4, -0.2) is 17.1 Å². The van der Waals surface area contributed by atoms with Crippen molar-refractivity contribution >= 4 is 28.6 Å². The maximum absolute atomic E-state index is 12.5. The number of hydrogen-bond donors (Lipinski definition) is 1. The lowest BCUT2D eigenvalue weighted by atomic mass is 10.0. The van der Waals surface area contributed by atoms with Crippen LogP contribution >= 0.6 is 0 Å². The van der Waals surface area contributed by atoms with Gasteiger partial charge in [-0.15, -0.1) is 0 Å². The molecule has 2 aromatic carbocycles. The molecule has 26 heavy (non-hydrogen) atoms. The van der Waals surface area contributed by atoms with Crippen molar-refractivity contribution in [1.29, 1.82) is 0 Å². The second kappa shape index (κ2) is 7.00. The minimum Gasteiger partial charge on any atom is -0.322 e. The molecule has 0 fully saturated rings. The van der Waals surface area contributed by atoms with Crippen molar-refractivity contribution in [3.05, 3.63) is 77.5 Å². The van der Waals surface area contributed by atoms with E-state index in [4.69, 9.17) is 0 Å². The fourth-order valence-electron chi connectivity index (χ4n) is 2.59. The van der Waals surface area contributed by atoms with Gasteiger partial charge < -0.3 is 5.32 Å². The van der Waals surface area contributed by atoms with Crippen molar-refractivity contribution in [3.8, 4) is 0 Å². The van der Waals surface area contributed by atoms with E-state index in [0.29, 0.717) is 22.4 Å². The van der Waals surface area contributed by atoms with Crippen LogP contribution < -0.4 is 5.32 Å². The van der Waals surface area contributed by atoms with Crippen molar-refractivity contribution in [2.24, 2.45) is 0 Å². The Labute approximate surface area is 148 Å². The number of fused-ring (bicyclic) bond motifs is 1. The van der Waals surface area contributed by atoms with Crippen molar-refractivity contribution < 1.29 is 18.0 Å². The van der Waals surface area contributed by atoms with Crippen LogP contribution in [0.5, 0.6) is 0 Å². The summed E-state index contributed by atoms with van der Waals surface area (Å²) in [5, 5.41) is 3.70. The van der Waals surface area contributed by atoms with Gasteiger partial charge in [-0.25, -0.2) is 0 Å². The Morgan fingerprint density at radius 2 is 1.92 bits per heavy atom. The fraction of sp³-hybridized carbons (Fsp3) is 0.100. The number of aryl methyl sites for hydroxylation is 1. The van der Waals surface area contributed by atoms with Crippen LogP contribution in [0.4, 0.5) is 18.9 Å². The first-order chi connectivity index (χ1) is 12.3. The zero-order valence-electron chi connectivity index (χ0n) is 13.8. The first kappa shape index (κ1) is 17.7. The molecule has 1 N–H and O–H groups in total. The molecule has 0 spiro atoms. The predicted molar refractivity (Wildman–Crippen MR) is 96.0 cm³/mol. The zero-order chi connectivity index (χ0) is 18.7. The number of benzene rings is 2. The van der Waals surface area contributed by atoms with E-state index in [0.717, 1.165) is 17.0 Å². The summed E-state index contributed by atoms with van der Waals surface area (Å²) >= 11 is 0. The highest BCUT2D eigenvalue weighted by atomic mass is 19.4. The third-order valence-electron chi connectivity index (χ3n) is 3.82. The van der Waals surface area contributed by atoms with Gasteiger partial charge >= 0.3 is 6.18 Å². The Bertz CT molecular complexity index is 994. The number of hydrogen-bond acceptors (Lipinski definition) is 2. The molecule has 0 bridgehead atoms. The standard InChI is InChI=1S/C20H15F3N2O/c1-13-11-14(8-9-20(21,22)23)4-6-17(13)19(26)25-16-5-7-18-15(12-16)3-2-10-24-18/h2-12H,1H3,(H,25,26)/b9-8+. The quantitative estimate of drug-likeness (QED) is 0.685. The molecule has 0 unspecified atom stereocenters. The van der Waals surface area contributed by atoms with E-state index in [-0.39, 0.29) is 12.0 Å². The smallest absolute Gasteiger partial charge is 0.322 e. The molecule has 0 saturated heterocycles. The molecule has 1 amide bonds. The molecule has 132 valence electrons. The number of carbonyl (C=O) groups is 1. The third-order valence-corrected chi connectivity index (χ3v) is 3.82. The van der Waals surface area contributed by atoms with Gasteiger partial charge in [0.1, 0.15) is 0 Å². The van der Waals surface area contributed by atoms with Gasteiger partial charge in [0, 0.05) is 28.9 Å². The number of amides is 1. The van der Waals surface area contributed by atoms with Crippen LogP contribution in [-0.2, 0) is 0 Å². The van der Waals surface area contributed by atoms with Gasteiger partial charge in [-0.05, 0) is 48.4 Å². The highest BCUT2D eigenvalue weighted by Gasteiger charge is 2.21. The number of alkyl halides is 3. The number of anilines is 1. The van der Waals surface area contributed by atoms with Gasteiger partial charge in [-0.2, -0.15) is 13.2 Å². The van der Waals surface area contributed by atoms with E-state index in [1.165, 1.54) is 12.1 Å². The maximum atomic E-state index is 12.5. The molecule has 3 rings (SSSR count). The molecule has 0 aliphatic rings. The zero-order valence-corrected chi connectivity index (χ0v) is 13.8. The van der Waals surface area contributed by atoms with Gasteiger partial charge in [0.05, 0.1) is 5.52 Å². The van der Waals surface area contributed by atoms with Crippen LogP contribution in [0.2, 0.25) is 0 Å². The van der Waals surface area contributed by atoms with Crippen LogP contribution in [0.15, 0.2) is 60.8 Å².